The lowest BCUT2D eigenvalue weighted by molar-refractivity contribution is 0.588. The number of halogens is 1. The van der Waals surface area contributed by atoms with Crippen molar-refractivity contribution < 1.29 is 4.39 Å². The largest absolute Gasteiger partial charge is 0.368 e. The van der Waals surface area contributed by atoms with Crippen LogP contribution in [-0.2, 0) is 6.54 Å². The van der Waals surface area contributed by atoms with E-state index in [2.05, 4.69) is 20.3 Å². The zero-order valence-corrected chi connectivity index (χ0v) is 14.2. The first-order valence-electron chi connectivity index (χ1n) is 8.19. The molecule has 1 aliphatic heterocycles. The molecule has 0 unspecified atom stereocenters. The van der Waals surface area contributed by atoms with E-state index in [1.807, 2.05) is 13.0 Å². The number of anilines is 1. The quantitative estimate of drug-likeness (QED) is 0.788. The van der Waals surface area contributed by atoms with Crippen LogP contribution in [0.25, 0.3) is 5.82 Å². The summed E-state index contributed by atoms with van der Waals surface area (Å²) in [5.41, 5.74) is 7.26. The summed E-state index contributed by atoms with van der Waals surface area (Å²) in [6, 6.07) is 2.02. The minimum atomic E-state index is -0.377. The van der Waals surface area contributed by atoms with Crippen LogP contribution in [0.4, 0.5) is 10.1 Å². The molecule has 2 aromatic heterocycles. The monoisotopic (exact) mass is 347 g/mol. The second-order valence-corrected chi connectivity index (χ2v) is 5.98. The molecule has 25 heavy (non-hydrogen) atoms. The predicted octanol–water partition coefficient (Wildman–Crippen LogP) is -0.0409. The average Bonchev–Trinajstić information content (AvgIpc) is 3.00. The van der Waals surface area contributed by atoms with Gasteiger partial charge in [0.05, 0.1) is 24.8 Å². The minimum absolute atomic E-state index is 0.0245. The second kappa shape index (κ2) is 7.58. The molecule has 134 valence electrons. The van der Waals surface area contributed by atoms with Crippen LogP contribution in [0, 0.1) is 6.92 Å². The van der Waals surface area contributed by atoms with Crippen LogP contribution in [0.1, 0.15) is 5.56 Å². The van der Waals surface area contributed by atoms with Crippen molar-refractivity contribution in [3.63, 3.8) is 0 Å². The van der Waals surface area contributed by atoms with Crippen molar-refractivity contribution in [3.8, 4) is 5.82 Å². The van der Waals surface area contributed by atoms with Gasteiger partial charge in [-0.15, -0.1) is 0 Å². The molecule has 1 aliphatic rings. The topological polar surface area (TPSA) is 94.0 Å². The zero-order chi connectivity index (χ0) is 17.8. The molecule has 1 saturated heterocycles. The summed E-state index contributed by atoms with van der Waals surface area (Å²) in [5, 5.41) is 7.34. The van der Waals surface area contributed by atoms with Crippen molar-refractivity contribution in [2.24, 2.45) is 5.73 Å². The second-order valence-electron chi connectivity index (χ2n) is 5.98. The Bertz CT molecular complexity index is 820. The molecule has 0 saturated carbocycles. The first-order chi connectivity index (χ1) is 12.1. The summed E-state index contributed by atoms with van der Waals surface area (Å²) in [6.07, 6.45) is 3.58. The molecule has 0 radical (unpaired) electrons. The highest BCUT2D eigenvalue weighted by atomic mass is 19.1. The van der Waals surface area contributed by atoms with Gasteiger partial charge in [-0.25, -0.2) is 23.4 Å². The van der Waals surface area contributed by atoms with Crippen LogP contribution in [0.15, 0.2) is 35.3 Å². The van der Waals surface area contributed by atoms with Crippen LogP contribution in [0.3, 0.4) is 0 Å². The summed E-state index contributed by atoms with van der Waals surface area (Å²) in [7, 11) is 0. The molecule has 0 amide bonds. The van der Waals surface area contributed by atoms with Crippen molar-refractivity contribution in [1.29, 1.82) is 0 Å². The van der Waals surface area contributed by atoms with Crippen LogP contribution in [0.5, 0.6) is 0 Å². The van der Waals surface area contributed by atoms with E-state index in [-0.39, 0.29) is 18.8 Å². The normalized spacial score (nSPS) is 15.6. The van der Waals surface area contributed by atoms with Gasteiger partial charge in [0.1, 0.15) is 12.1 Å². The lowest BCUT2D eigenvalue weighted by Crippen LogP contribution is -2.43. The number of aromatic nitrogens is 4. The Morgan fingerprint density at radius 1 is 1.44 bits per heavy atom. The summed E-state index contributed by atoms with van der Waals surface area (Å²) >= 11 is 0. The fourth-order valence-electron chi connectivity index (χ4n) is 2.83. The lowest BCUT2D eigenvalue weighted by Gasteiger charge is -2.29. The van der Waals surface area contributed by atoms with Gasteiger partial charge >= 0.3 is 5.69 Å². The fraction of sp³-hybridized carbons (Fsp3) is 0.438. The molecule has 0 atom stereocenters. The van der Waals surface area contributed by atoms with E-state index in [0.717, 1.165) is 37.4 Å². The van der Waals surface area contributed by atoms with Crippen LogP contribution in [0.2, 0.25) is 0 Å². The first-order valence-corrected chi connectivity index (χ1v) is 8.19. The summed E-state index contributed by atoms with van der Waals surface area (Å²) in [4.78, 5) is 19.2. The van der Waals surface area contributed by atoms with Gasteiger partial charge in [-0.2, -0.15) is 5.10 Å². The number of rotatable bonds is 5. The van der Waals surface area contributed by atoms with E-state index in [1.165, 1.54) is 15.6 Å². The highest BCUT2D eigenvalue weighted by Crippen LogP contribution is 2.19. The van der Waals surface area contributed by atoms with E-state index in [9.17, 15) is 9.18 Å². The Labute approximate surface area is 144 Å². The van der Waals surface area contributed by atoms with Crippen molar-refractivity contribution in [3.05, 3.63) is 46.5 Å². The van der Waals surface area contributed by atoms with Crippen molar-refractivity contribution in [1.82, 2.24) is 24.6 Å². The molecule has 3 heterocycles. The van der Waals surface area contributed by atoms with E-state index in [1.54, 1.807) is 6.20 Å². The number of aryl methyl sites for hydroxylation is 1. The Balaban J connectivity index is 1.87. The van der Waals surface area contributed by atoms with Crippen molar-refractivity contribution in [2.45, 2.75) is 13.5 Å². The fourth-order valence-corrected chi connectivity index (χ4v) is 2.83. The van der Waals surface area contributed by atoms with Gasteiger partial charge in [-0.05, 0) is 24.1 Å². The van der Waals surface area contributed by atoms with Gasteiger partial charge in [-0.3, -0.25) is 0 Å². The number of nitrogens with one attached hydrogen (secondary N) is 1. The van der Waals surface area contributed by atoms with Gasteiger partial charge in [-0.1, -0.05) is 0 Å². The maximum Gasteiger partial charge on any atom is 0.351 e. The van der Waals surface area contributed by atoms with Gasteiger partial charge in [0.15, 0.2) is 0 Å². The van der Waals surface area contributed by atoms with Crippen LogP contribution in [-0.4, -0.2) is 52.1 Å². The van der Waals surface area contributed by atoms with E-state index < -0.39 is 0 Å². The Kier molecular flexibility index (Phi) is 5.25. The summed E-state index contributed by atoms with van der Waals surface area (Å²) in [6.45, 7) is 5.70. The molecule has 0 aromatic carbocycles. The third kappa shape index (κ3) is 3.62. The number of nitrogens with zero attached hydrogens (tertiary/aromatic N) is 5. The molecule has 1 fully saturated rings. The Morgan fingerprint density at radius 3 is 2.84 bits per heavy atom. The highest BCUT2D eigenvalue weighted by molar-refractivity contribution is 5.51. The van der Waals surface area contributed by atoms with Crippen LogP contribution >= 0.6 is 0 Å². The van der Waals surface area contributed by atoms with Crippen molar-refractivity contribution in [2.75, 3.05) is 37.6 Å². The minimum Gasteiger partial charge on any atom is -0.368 e. The molecule has 0 bridgehead atoms. The highest BCUT2D eigenvalue weighted by Gasteiger charge is 2.15. The zero-order valence-electron chi connectivity index (χ0n) is 14.2. The molecule has 0 aliphatic carbocycles. The Morgan fingerprint density at radius 2 is 2.20 bits per heavy atom. The van der Waals surface area contributed by atoms with E-state index in [0.29, 0.717) is 17.7 Å². The molecular formula is C16H22FN7O. The van der Waals surface area contributed by atoms with Gasteiger partial charge in [0, 0.05) is 32.7 Å². The van der Waals surface area contributed by atoms with Crippen LogP contribution < -0.4 is 21.6 Å². The Hall–Kier alpha value is -2.52. The first kappa shape index (κ1) is 17.3. The molecule has 3 rings (SSSR count). The average molecular weight is 347 g/mol. The number of hydrogen-bond acceptors (Lipinski definition) is 6. The van der Waals surface area contributed by atoms with Gasteiger partial charge in [0.25, 0.3) is 0 Å². The number of hydrogen-bond donors (Lipinski definition) is 2. The van der Waals surface area contributed by atoms with E-state index >= 15 is 0 Å². The molecule has 0 spiro atoms. The predicted molar refractivity (Wildman–Crippen MR) is 93.7 cm³/mol. The van der Waals surface area contributed by atoms with Gasteiger partial charge < -0.3 is 16.0 Å². The maximum atomic E-state index is 12.7. The molecule has 3 N–H and O–H groups in total. The van der Waals surface area contributed by atoms with Gasteiger partial charge in [0.2, 0.25) is 0 Å². The SMILES string of the molecule is Cc1cc(N2CCNCC2)cnc1-n1cnn(C/C(=C/F)CN)c1=O. The third-order valence-corrected chi connectivity index (χ3v) is 4.25. The molecule has 8 nitrogen and oxygen atoms in total. The summed E-state index contributed by atoms with van der Waals surface area (Å²) in [5.74, 6) is 0.522. The van der Waals surface area contributed by atoms with Crippen molar-refractivity contribution >= 4 is 5.69 Å². The molecule has 9 heteroatoms. The maximum absolute atomic E-state index is 12.7. The van der Waals surface area contributed by atoms with E-state index in [4.69, 9.17) is 5.73 Å². The molecule has 2 aromatic rings. The summed E-state index contributed by atoms with van der Waals surface area (Å²) < 4.78 is 15.2. The number of nitrogens with two attached hydrogens (primary N) is 1. The number of pyridine rings is 1. The third-order valence-electron chi connectivity index (χ3n) is 4.25. The standard InChI is InChI=1S/C16H22FN7O/c1-12-6-14(22-4-2-19-3-5-22)9-20-15(12)23-11-21-24(16(23)25)10-13(7-17)8-18/h6-7,9,11,19H,2-5,8,10,18H2,1H3/b13-7+. The smallest absolute Gasteiger partial charge is 0.351 e. The number of piperazine rings is 1. The lowest BCUT2D eigenvalue weighted by atomic mass is 10.2. The molecular weight excluding hydrogens is 325 g/mol.